The second kappa shape index (κ2) is 11.7. The molecule has 0 aromatic carbocycles. The minimum Gasteiger partial charge on any atom is -0.481 e. The Morgan fingerprint density at radius 3 is 2.26 bits per heavy atom. The maximum atomic E-state index is 11.8. The summed E-state index contributed by atoms with van der Waals surface area (Å²) in [5.41, 5.74) is 0. The molecular weight excluding hydrogens is 302 g/mol. The van der Waals surface area contributed by atoms with Crippen molar-refractivity contribution in [3.8, 4) is 0 Å². The summed E-state index contributed by atoms with van der Waals surface area (Å²) in [6, 6.07) is 0. The van der Waals surface area contributed by atoms with Crippen LogP contribution in [0.3, 0.4) is 0 Å². The van der Waals surface area contributed by atoms with E-state index in [9.17, 15) is 14.4 Å². The Balaban J connectivity index is 4.40. The molecule has 0 rings (SSSR count). The molecule has 0 aliphatic rings. The summed E-state index contributed by atoms with van der Waals surface area (Å²) in [6.45, 7) is 7.75. The lowest BCUT2D eigenvalue weighted by molar-refractivity contribution is -0.168. The first-order valence-electron chi connectivity index (χ1n) is 8.14. The molecular formula is C16H29NO6. The van der Waals surface area contributed by atoms with Crippen LogP contribution in [0.4, 0.5) is 4.79 Å². The van der Waals surface area contributed by atoms with Crippen molar-refractivity contribution in [2.75, 3.05) is 6.54 Å². The molecule has 7 heteroatoms. The lowest BCUT2D eigenvalue weighted by Gasteiger charge is -2.20. The zero-order chi connectivity index (χ0) is 17.8. The molecule has 2 atom stereocenters. The molecule has 134 valence electrons. The minimum atomic E-state index is -0.907. The molecule has 0 aliphatic carbocycles. The van der Waals surface area contributed by atoms with Gasteiger partial charge in [0.2, 0.25) is 6.29 Å². The van der Waals surface area contributed by atoms with Crippen molar-refractivity contribution in [2.24, 2.45) is 11.8 Å². The van der Waals surface area contributed by atoms with Gasteiger partial charge in [0.05, 0.1) is 0 Å². The van der Waals surface area contributed by atoms with Crippen LogP contribution in [0.15, 0.2) is 0 Å². The molecule has 23 heavy (non-hydrogen) atoms. The number of carboxylic acid groups (broad SMARTS) is 1. The minimum absolute atomic E-state index is 0.0122. The van der Waals surface area contributed by atoms with Crippen LogP contribution in [0.1, 0.15) is 59.8 Å². The van der Waals surface area contributed by atoms with Gasteiger partial charge in [-0.05, 0) is 24.7 Å². The highest BCUT2D eigenvalue weighted by Gasteiger charge is 2.20. The Morgan fingerprint density at radius 2 is 1.78 bits per heavy atom. The SMILES string of the molecule is CCCC(OC(=O)CC)OC(=O)NCC(CC(=O)O)CC(C)C. The van der Waals surface area contributed by atoms with E-state index >= 15 is 0 Å². The van der Waals surface area contributed by atoms with Crippen molar-refractivity contribution in [3.63, 3.8) is 0 Å². The number of hydrogen-bond acceptors (Lipinski definition) is 5. The van der Waals surface area contributed by atoms with E-state index in [0.29, 0.717) is 25.2 Å². The van der Waals surface area contributed by atoms with E-state index in [1.807, 2.05) is 20.8 Å². The number of carbonyl (C=O) groups is 3. The number of nitrogens with one attached hydrogen (secondary N) is 1. The molecule has 1 amide bonds. The number of hydrogen-bond donors (Lipinski definition) is 2. The molecule has 0 aromatic rings. The lowest BCUT2D eigenvalue weighted by Crippen LogP contribution is -2.35. The topological polar surface area (TPSA) is 102 Å². The summed E-state index contributed by atoms with van der Waals surface area (Å²) in [5, 5.41) is 11.5. The molecule has 0 heterocycles. The van der Waals surface area contributed by atoms with Crippen molar-refractivity contribution in [3.05, 3.63) is 0 Å². The lowest BCUT2D eigenvalue weighted by atomic mass is 9.94. The Hall–Kier alpha value is -1.79. The summed E-state index contributed by atoms with van der Waals surface area (Å²) in [7, 11) is 0. The van der Waals surface area contributed by atoms with Gasteiger partial charge in [-0.3, -0.25) is 9.59 Å². The highest BCUT2D eigenvalue weighted by molar-refractivity contribution is 5.70. The third-order valence-corrected chi connectivity index (χ3v) is 3.12. The van der Waals surface area contributed by atoms with Crippen LogP contribution in [0.25, 0.3) is 0 Å². The van der Waals surface area contributed by atoms with Crippen molar-refractivity contribution >= 4 is 18.0 Å². The molecule has 0 saturated carbocycles. The highest BCUT2D eigenvalue weighted by atomic mass is 16.7. The molecule has 0 saturated heterocycles. The zero-order valence-corrected chi connectivity index (χ0v) is 14.5. The van der Waals surface area contributed by atoms with E-state index in [4.69, 9.17) is 14.6 Å². The second-order valence-corrected chi connectivity index (χ2v) is 5.94. The Bertz CT molecular complexity index is 383. The van der Waals surface area contributed by atoms with Gasteiger partial charge in [-0.25, -0.2) is 4.79 Å². The van der Waals surface area contributed by atoms with Crippen molar-refractivity contribution in [1.29, 1.82) is 0 Å². The van der Waals surface area contributed by atoms with Crippen LogP contribution in [-0.2, 0) is 19.1 Å². The number of alkyl carbamates (subject to hydrolysis) is 1. The number of carbonyl (C=O) groups excluding carboxylic acids is 2. The number of ether oxygens (including phenoxy) is 2. The van der Waals surface area contributed by atoms with Crippen LogP contribution in [0.5, 0.6) is 0 Å². The molecule has 0 bridgehead atoms. The van der Waals surface area contributed by atoms with E-state index in [-0.39, 0.29) is 25.3 Å². The highest BCUT2D eigenvalue weighted by Crippen LogP contribution is 2.15. The van der Waals surface area contributed by atoms with Gasteiger partial charge in [-0.2, -0.15) is 0 Å². The summed E-state index contributed by atoms with van der Waals surface area (Å²) < 4.78 is 10.1. The number of esters is 1. The number of amides is 1. The average molecular weight is 331 g/mol. The number of carboxylic acids is 1. The molecule has 0 spiro atoms. The van der Waals surface area contributed by atoms with Gasteiger partial charge in [0.25, 0.3) is 0 Å². The van der Waals surface area contributed by atoms with Gasteiger partial charge in [0, 0.05) is 25.8 Å². The predicted octanol–water partition coefficient (Wildman–Crippen LogP) is 2.93. The predicted molar refractivity (Wildman–Crippen MR) is 84.8 cm³/mol. The molecule has 0 aromatic heterocycles. The van der Waals surface area contributed by atoms with Crippen molar-refractivity contribution < 1.29 is 29.0 Å². The van der Waals surface area contributed by atoms with E-state index in [2.05, 4.69) is 5.32 Å². The maximum Gasteiger partial charge on any atom is 0.410 e. The first-order valence-corrected chi connectivity index (χ1v) is 8.14. The molecule has 0 radical (unpaired) electrons. The zero-order valence-electron chi connectivity index (χ0n) is 14.5. The van der Waals surface area contributed by atoms with Gasteiger partial charge in [-0.1, -0.05) is 27.7 Å². The summed E-state index contributed by atoms with van der Waals surface area (Å²) in [4.78, 5) is 33.9. The second-order valence-electron chi connectivity index (χ2n) is 5.94. The summed E-state index contributed by atoms with van der Waals surface area (Å²) in [6.07, 6.45) is 0.396. The van der Waals surface area contributed by atoms with Gasteiger partial charge in [0.1, 0.15) is 0 Å². The van der Waals surface area contributed by atoms with Gasteiger partial charge in [0.15, 0.2) is 0 Å². The van der Waals surface area contributed by atoms with Gasteiger partial charge < -0.3 is 19.9 Å². The van der Waals surface area contributed by atoms with E-state index in [1.54, 1.807) is 6.92 Å². The fourth-order valence-corrected chi connectivity index (χ4v) is 2.15. The molecule has 0 fully saturated rings. The summed E-state index contributed by atoms with van der Waals surface area (Å²) >= 11 is 0. The average Bonchev–Trinajstić information content (AvgIpc) is 2.43. The maximum absolute atomic E-state index is 11.8. The Kier molecular flexibility index (Phi) is 10.8. The first kappa shape index (κ1) is 21.2. The Morgan fingerprint density at radius 1 is 1.13 bits per heavy atom. The fraction of sp³-hybridized carbons (Fsp3) is 0.812. The van der Waals surface area contributed by atoms with Crippen LogP contribution in [0.2, 0.25) is 0 Å². The van der Waals surface area contributed by atoms with Crippen LogP contribution >= 0.6 is 0 Å². The van der Waals surface area contributed by atoms with Crippen LogP contribution < -0.4 is 5.32 Å². The molecule has 7 nitrogen and oxygen atoms in total. The molecule has 2 unspecified atom stereocenters. The third kappa shape index (κ3) is 11.4. The van der Waals surface area contributed by atoms with Crippen LogP contribution in [-0.4, -0.2) is 36.0 Å². The normalized spacial score (nSPS) is 13.3. The third-order valence-electron chi connectivity index (χ3n) is 3.12. The van der Waals surface area contributed by atoms with Crippen molar-refractivity contribution in [1.82, 2.24) is 5.32 Å². The Labute approximate surface area is 137 Å². The van der Waals surface area contributed by atoms with E-state index in [0.717, 1.165) is 0 Å². The smallest absolute Gasteiger partial charge is 0.410 e. The number of aliphatic carboxylic acids is 1. The first-order chi connectivity index (χ1) is 10.8. The van der Waals surface area contributed by atoms with Crippen LogP contribution in [0, 0.1) is 11.8 Å². The standard InChI is InChI=1S/C16H29NO6/c1-5-7-15(22-14(20)6-2)23-16(21)17-10-12(8-11(3)4)9-13(18)19/h11-12,15H,5-10H2,1-4H3,(H,17,21)(H,18,19). The summed E-state index contributed by atoms with van der Waals surface area (Å²) in [5.74, 6) is -1.16. The fourth-order valence-electron chi connectivity index (χ4n) is 2.15. The quantitative estimate of drug-likeness (QED) is 0.446. The molecule has 2 N–H and O–H groups in total. The monoisotopic (exact) mass is 331 g/mol. The van der Waals surface area contributed by atoms with Gasteiger partial charge in [-0.15, -0.1) is 0 Å². The van der Waals surface area contributed by atoms with E-state index < -0.39 is 24.3 Å². The van der Waals surface area contributed by atoms with Crippen molar-refractivity contribution in [2.45, 2.75) is 66.1 Å². The number of rotatable bonds is 11. The molecule has 0 aliphatic heterocycles. The van der Waals surface area contributed by atoms with Gasteiger partial charge >= 0.3 is 18.0 Å². The van der Waals surface area contributed by atoms with E-state index in [1.165, 1.54) is 0 Å². The largest absolute Gasteiger partial charge is 0.481 e.